The van der Waals surface area contributed by atoms with Crippen molar-refractivity contribution in [3.63, 3.8) is 0 Å². The molecular weight excluding hydrogens is 260 g/mol. The van der Waals surface area contributed by atoms with E-state index >= 15 is 0 Å². The van der Waals surface area contributed by atoms with Crippen molar-refractivity contribution in [2.24, 2.45) is 0 Å². The van der Waals surface area contributed by atoms with Gasteiger partial charge in [-0.15, -0.1) is 0 Å². The van der Waals surface area contributed by atoms with Crippen LogP contribution in [-0.4, -0.2) is 19.7 Å². The molecule has 2 aromatic rings. The fourth-order valence-corrected chi connectivity index (χ4v) is 2.32. The number of para-hydroxylation sites is 1. The zero-order valence-electron chi connectivity index (χ0n) is 13.1. The quantitative estimate of drug-likeness (QED) is 0.747. The maximum absolute atomic E-state index is 5.43. The molecule has 0 aromatic heterocycles. The average Bonchev–Trinajstić information content (AvgIpc) is 2.48. The predicted molar refractivity (Wildman–Crippen MR) is 90.5 cm³/mol. The maximum Gasteiger partial charge on any atom is 0.119 e. The fraction of sp³-hybridized carbons (Fsp3) is 0.333. The lowest BCUT2D eigenvalue weighted by atomic mass is 10.1. The Morgan fingerprint density at radius 2 is 1.48 bits per heavy atom. The van der Waals surface area contributed by atoms with Crippen molar-refractivity contribution < 1.29 is 4.74 Å². The minimum Gasteiger partial charge on any atom is -0.494 e. The summed E-state index contributed by atoms with van der Waals surface area (Å²) in [5.74, 6) is 0.914. The molecule has 3 nitrogen and oxygen atoms in total. The highest BCUT2D eigenvalue weighted by Crippen LogP contribution is 2.19. The van der Waals surface area contributed by atoms with E-state index in [2.05, 4.69) is 42.7 Å². The Hall–Kier alpha value is -2.16. The number of hydrogen-bond donors (Lipinski definition) is 2. The second-order valence-corrected chi connectivity index (χ2v) is 5.08. The van der Waals surface area contributed by atoms with Gasteiger partial charge in [-0.2, -0.15) is 0 Å². The molecule has 112 valence electrons. The molecule has 0 aliphatic heterocycles. The van der Waals surface area contributed by atoms with Gasteiger partial charge in [-0.25, -0.2) is 0 Å². The number of ether oxygens (including phenoxy) is 1. The molecule has 21 heavy (non-hydrogen) atoms. The van der Waals surface area contributed by atoms with E-state index in [9.17, 15) is 0 Å². The Morgan fingerprint density at radius 3 is 2.10 bits per heavy atom. The van der Waals surface area contributed by atoms with Crippen molar-refractivity contribution in [2.75, 3.05) is 30.3 Å². The Balaban J connectivity index is 1.79. The maximum atomic E-state index is 5.43. The summed E-state index contributed by atoms with van der Waals surface area (Å²) in [6, 6.07) is 14.4. The van der Waals surface area contributed by atoms with Crippen molar-refractivity contribution >= 4 is 11.4 Å². The molecule has 0 unspecified atom stereocenters. The van der Waals surface area contributed by atoms with E-state index in [1.54, 1.807) is 0 Å². The van der Waals surface area contributed by atoms with Gasteiger partial charge in [-0.05, 0) is 56.2 Å². The normalized spacial score (nSPS) is 10.2. The molecule has 0 fully saturated rings. The van der Waals surface area contributed by atoms with E-state index < -0.39 is 0 Å². The van der Waals surface area contributed by atoms with Crippen LogP contribution in [-0.2, 0) is 0 Å². The van der Waals surface area contributed by atoms with Crippen LogP contribution in [0.3, 0.4) is 0 Å². The molecule has 3 heteroatoms. The van der Waals surface area contributed by atoms with Gasteiger partial charge in [0.2, 0.25) is 0 Å². The minimum absolute atomic E-state index is 0.701. The van der Waals surface area contributed by atoms with Gasteiger partial charge in [-0.3, -0.25) is 0 Å². The van der Waals surface area contributed by atoms with Gasteiger partial charge in [-0.1, -0.05) is 18.2 Å². The smallest absolute Gasteiger partial charge is 0.119 e. The zero-order valence-corrected chi connectivity index (χ0v) is 13.1. The fourth-order valence-electron chi connectivity index (χ4n) is 2.32. The molecule has 0 bridgehead atoms. The van der Waals surface area contributed by atoms with E-state index in [1.807, 2.05) is 31.2 Å². The van der Waals surface area contributed by atoms with E-state index in [0.29, 0.717) is 6.61 Å². The van der Waals surface area contributed by atoms with E-state index in [1.165, 1.54) is 16.8 Å². The van der Waals surface area contributed by atoms with Gasteiger partial charge in [0.25, 0.3) is 0 Å². The van der Waals surface area contributed by atoms with Gasteiger partial charge in [0, 0.05) is 24.5 Å². The molecule has 2 aromatic carbocycles. The second kappa shape index (κ2) is 7.58. The molecule has 0 radical (unpaired) electrons. The lowest BCUT2D eigenvalue weighted by Crippen LogP contribution is -2.14. The third kappa shape index (κ3) is 4.42. The highest BCUT2D eigenvalue weighted by molar-refractivity contribution is 5.56. The topological polar surface area (TPSA) is 33.3 Å². The van der Waals surface area contributed by atoms with Gasteiger partial charge >= 0.3 is 0 Å². The molecular formula is C18H24N2O. The lowest BCUT2D eigenvalue weighted by molar-refractivity contribution is 0.340. The molecule has 0 saturated heterocycles. The highest BCUT2D eigenvalue weighted by atomic mass is 16.5. The first-order valence-electron chi connectivity index (χ1n) is 7.47. The van der Waals surface area contributed by atoms with Crippen molar-refractivity contribution in [1.82, 2.24) is 0 Å². The molecule has 0 atom stereocenters. The molecule has 2 rings (SSSR count). The van der Waals surface area contributed by atoms with Crippen LogP contribution in [0.15, 0.2) is 42.5 Å². The van der Waals surface area contributed by atoms with Crippen LogP contribution in [0.25, 0.3) is 0 Å². The second-order valence-electron chi connectivity index (χ2n) is 5.08. The first-order valence-corrected chi connectivity index (χ1v) is 7.47. The summed E-state index contributed by atoms with van der Waals surface area (Å²) in [5, 5.41) is 6.90. The van der Waals surface area contributed by atoms with Gasteiger partial charge in [0.05, 0.1) is 6.61 Å². The third-order valence-corrected chi connectivity index (χ3v) is 3.40. The molecule has 0 amide bonds. The van der Waals surface area contributed by atoms with Crippen molar-refractivity contribution in [1.29, 1.82) is 0 Å². The molecule has 0 heterocycles. The lowest BCUT2D eigenvalue weighted by Gasteiger charge is -2.13. The third-order valence-electron chi connectivity index (χ3n) is 3.40. The first-order chi connectivity index (χ1) is 10.2. The first kappa shape index (κ1) is 15.2. The van der Waals surface area contributed by atoms with E-state index in [0.717, 1.165) is 24.5 Å². The van der Waals surface area contributed by atoms with Crippen LogP contribution >= 0.6 is 0 Å². The number of aryl methyl sites for hydroxylation is 2. The van der Waals surface area contributed by atoms with E-state index in [4.69, 9.17) is 4.74 Å². The van der Waals surface area contributed by atoms with Crippen molar-refractivity contribution in [3.8, 4) is 5.75 Å². The summed E-state index contributed by atoms with van der Waals surface area (Å²) in [5.41, 5.74) is 4.93. The minimum atomic E-state index is 0.701. The van der Waals surface area contributed by atoms with Crippen LogP contribution in [0.4, 0.5) is 11.4 Å². The number of nitrogens with one attached hydrogen (secondary N) is 2. The van der Waals surface area contributed by atoms with Crippen molar-refractivity contribution in [2.45, 2.75) is 20.8 Å². The van der Waals surface area contributed by atoms with Crippen LogP contribution in [0.5, 0.6) is 5.75 Å². The zero-order chi connectivity index (χ0) is 15.1. The Bertz CT molecular complexity index is 544. The summed E-state index contributed by atoms with van der Waals surface area (Å²) in [6.07, 6.45) is 0. The molecule has 0 saturated carbocycles. The predicted octanol–water partition coefficient (Wildman–Crippen LogP) is 4.23. The highest BCUT2D eigenvalue weighted by Gasteiger charge is 2.00. The summed E-state index contributed by atoms with van der Waals surface area (Å²) >= 11 is 0. The van der Waals surface area contributed by atoms with Gasteiger partial charge in [0.15, 0.2) is 0 Å². The SMILES string of the molecule is CCOc1ccc(NCCNc2c(C)cccc2C)cc1. The largest absolute Gasteiger partial charge is 0.494 e. The summed E-state index contributed by atoms with van der Waals surface area (Å²) in [7, 11) is 0. The Morgan fingerprint density at radius 1 is 0.857 bits per heavy atom. The average molecular weight is 284 g/mol. The molecule has 0 aliphatic carbocycles. The van der Waals surface area contributed by atoms with Gasteiger partial charge in [0.1, 0.15) is 5.75 Å². The molecule has 0 aliphatic rings. The van der Waals surface area contributed by atoms with Gasteiger partial charge < -0.3 is 15.4 Å². The molecule has 2 N–H and O–H groups in total. The van der Waals surface area contributed by atoms with E-state index in [-0.39, 0.29) is 0 Å². The Kier molecular flexibility index (Phi) is 5.50. The van der Waals surface area contributed by atoms with Crippen molar-refractivity contribution in [3.05, 3.63) is 53.6 Å². The summed E-state index contributed by atoms with van der Waals surface area (Å²) < 4.78 is 5.43. The number of benzene rings is 2. The molecule has 0 spiro atoms. The number of rotatable bonds is 7. The van der Waals surface area contributed by atoms with Crippen LogP contribution in [0, 0.1) is 13.8 Å². The summed E-state index contributed by atoms with van der Waals surface area (Å²) in [6.45, 7) is 8.73. The Labute approximate surface area is 127 Å². The monoisotopic (exact) mass is 284 g/mol. The number of anilines is 2. The van der Waals surface area contributed by atoms with Crippen LogP contribution in [0.2, 0.25) is 0 Å². The summed E-state index contributed by atoms with van der Waals surface area (Å²) in [4.78, 5) is 0. The van der Waals surface area contributed by atoms with Crippen LogP contribution in [0.1, 0.15) is 18.1 Å². The number of hydrogen-bond acceptors (Lipinski definition) is 3. The van der Waals surface area contributed by atoms with Crippen LogP contribution < -0.4 is 15.4 Å². The standard InChI is InChI=1S/C18H24N2O/c1-4-21-17-10-8-16(9-11-17)19-12-13-20-18-14(2)6-5-7-15(18)3/h5-11,19-20H,4,12-13H2,1-3H3.